The van der Waals surface area contributed by atoms with Gasteiger partial charge in [0.2, 0.25) is 5.91 Å². The number of rotatable bonds is 6. The van der Waals surface area contributed by atoms with Crippen molar-refractivity contribution in [2.24, 2.45) is 5.92 Å². The molecule has 2 heterocycles. The zero-order chi connectivity index (χ0) is 19.8. The van der Waals surface area contributed by atoms with Crippen molar-refractivity contribution >= 4 is 33.4 Å². The van der Waals surface area contributed by atoms with Crippen molar-refractivity contribution in [2.45, 2.75) is 45.7 Å². The van der Waals surface area contributed by atoms with E-state index in [1.165, 1.54) is 10.9 Å². The Balaban J connectivity index is 1.88. The van der Waals surface area contributed by atoms with Crippen LogP contribution in [0.25, 0.3) is 10.2 Å². The molecule has 0 saturated heterocycles. The Morgan fingerprint density at radius 3 is 2.81 bits per heavy atom. The number of ether oxygens (including phenoxy) is 1. The summed E-state index contributed by atoms with van der Waals surface area (Å²) in [5, 5.41) is 12.4. The number of aromatic nitrogens is 2. The molecule has 3 rings (SSSR count). The first kappa shape index (κ1) is 19.0. The number of nitrogens with one attached hydrogen (secondary N) is 1. The third kappa shape index (κ3) is 3.57. The minimum absolute atomic E-state index is 0.148. The summed E-state index contributed by atoms with van der Waals surface area (Å²) in [6.45, 7) is 5.07. The summed E-state index contributed by atoms with van der Waals surface area (Å²) in [5.41, 5.74) is -0.821. The van der Waals surface area contributed by atoms with E-state index in [9.17, 15) is 19.6 Å². The van der Waals surface area contributed by atoms with Crippen LogP contribution in [-0.4, -0.2) is 33.6 Å². The number of amides is 1. The summed E-state index contributed by atoms with van der Waals surface area (Å²) < 4.78 is 6.20. The number of carbonyl (C=O) groups excluding carboxylic acids is 2. The summed E-state index contributed by atoms with van der Waals surface area (Å²) in [6, 6.07) is 2.15. The molecule has 1 N–H and O–H groups in total. The van der Waals surface area contributed by atoms with Gasteiger partial charge >= 0.3 is 5.97 Å². The monoisotopic (exact) mass is 388 g/mol. The van der Waals surface area contributed by atoms with Crippen LogP contribution in [0.15, 0.2) is 11.1 Å². The summed E-state index contributed by atoms with van der Waals surface area (Å²) in [7, 11) is 0. The van der Waals surface area contributed by atoms with Gasteiger partial charge in [-0.2, -0.15) is 5.26 Å². The van der Waals surface area contributed by atoms with Crippen molar-refractivity contribution in [2.75, 3.05) is 6.61 Å². The van der Waals surface area contributed by atoms with Crippen molar-refractivity contribution < 1.29 is 14.3 Å². The second-order valence-electron chi connectivity index (χ2n) is 6.77. The van der Waals surface area contributed by atoms with E-state index in [0.29, 0.717) is 20.7 Å². The normalized spacial score (nSPS) is 15.8. The van der Waals surface area contributed by atoms with E-state index in [1.807, 2.05) is 0 Å². The van der Waals surface area contributed by atoms with E-state index >= 15 is 0 Å². The molecule has 0 aromatic carbocycles. The SMILES string of the molecule is CCOC(=O)c1sc2ncn(CC(=O)N[C@@](C)(C#N)C3CC3)c(=O)c2c1C. The fourth-order valence-electron chi connectivity index (χ4n) is 3.03. The average molecular weight is 388 g/mol. The zero-order valence-electron chi connectivity index (χ0n) is 15.4. The lowest BCUT2D eigenvalue weighted by Crippen LogP contribution is -2.48. The van der Waals surface area contributed by atoms with Crippen LogP contribution in [0.3, 0.4) is 0 Å². The molecule has 9 heteroatoms. The third-order valence-corrected chi connectivity index (χ3v) is 5.90. The van der Waals surface area contributed by atoms with E-state index < -0.39 is 23.0 Å². The van der Waals surface area contributed by atoms with Gasteiger partial charge in [-0.25, -0.2) is 9.78 Å². The smallest absolute Gasteiger partial charge is 0.348 e. The highest BCUT2D eigenvalue weighted by Gasteiger charge is 2.43. The Hall–Kier alpha value is -2.73. The first-order valence-electron chi connectivity index (χ1n) is 8.68. The van der Waals surface area contributed by atoms with E-state index in [4.69, 9.17) is 4.74 Å². The lowest BCUT2D eigenvalue weighted by Gasteiger charge is -2.23. The van der Waals surface area contributed by atoms with Crippen molar-refractivity contribution in [1.82, 2.24) is 14.9 Å². The molecule has 1 atom stereocenters. The Kier molecular flexibility index (Phi) is 5.02. The average Bonchev–Trinajstić information content (AvgIpc) is 3.42. The van der Waals surface area contributed by atoms with Crippen molar-refractivity contribution in [1.29, 1.82) is 5.26 Å². The third-order valence-electron chi connectivity index (χ3n) is 4.72. The Morgan fingerprint density at radius 2 is 2.22 bits per heavy atom. The highest BCUT2D eigenvalue weighted by atomic mass is 32.1. The second-order valence-corrected chi connectivity index (χ2v) is 7.77. The highest BCUT2D eigenvalue weighted by Crippen LogP contribution is 2.39. The molecule has 27 heavy (non-hydrogen) atoms. The van der Waals surface area contributed by atoms with Crippen LogP contribution >= 0.6 is 11.3 Å². The Labute approximate surface area is 159 Å². The predicted octanol–water partition coefficient (Wildman–Crippen LogP) is 1.75. The number of carbonyl (C=O) groups is 2. The fourth-order valence-corrected chi connectivity index (χ4v) is 4.06. The van der Waals surface area contributed by atoms with Gasteiger partial charge in [0.1, 0.15) is 21.8 Å². The Morgan fingerprint density at radius 1 is 1.52 bits per heavy atom. The van der Waals surface area contributed by atoms with E-state index in [-0.39, 0.29) is 19.1 Å². The van der Waals surface area contributed by atoms with Crippen LogP contribution in [0.4, 0.5) is 0 Å². The van der Waals surface area contributed by atoms with Gasteiger partial charge in [-0.15, -0.1) is 11.3 Å². The molecule has 2 aromatic rings. The van der Waals surface area contributed by atoms with Gasteiger partial charge in [-0.3, -0.25) is 14.2 Å². The molecule has 0 bridgehead atoms. The number of nitrogens with zero attached hydrogens (tertiary/aromatic N) is 3. The minimum atomic E-state index is -0.923. The summed E-state index contributed by atoms with van der Waals surface area (Å²) in [5.74, 6) is -0.765. The Bertz CT molecular complexity index is 1010. The van der Waals surface area contributed by atoms with Gasteiger partial charge in [0.05, 0.1) is 24.4 Å². The van der Waals surface area contributed by atoms with E-state index in [0.717, 1.165) is 24.2 Å². The van der Waals surface area contributed by atoms with Crippen LogP contribution in [0.5, 0.6) is 0 Å². The van der Waals surface area contributed by atoms with E-state index in [2.05, 4.69) is 16.4 Å². The van der Waals surface area contributed by atoms with Crippen LogP contribution in [0.2, 0.25) is 0 Å². The highest BCUT2D eigenvalue weighted by molar-refractivity contribution is 7.20. The second kappa shape index (κ2) is 7.12. The van der Waals surface area contributed by atoms with E-state index in [1.54, 1.807) is 20.8 Å². The molecule has 1 fully saturated rings. The van der Waals surface area contributed by atoms with Gasteiger partial charge in [-0.05, 0) is 45.1 Å². The van der Waals surface area contributed by atoms with Gasteiger partial charge < -0.3 is 10.1 Å². The summed E-state index contributed by atoms with van der Waals surface area (Å²) >= 11 is 1.10. The van der Waals surface area contributed by atoms with Crippen LogP contribution in [0.1, 0.15) is 41.9 Å². The van der Waals surface area contributed by atoms with Gasteiger partial charge in [0, 0.05) is 0 Å². The van der Waals surface area contributed by atoms with Gasteiger partial charge in [0.25, 0.3) is 5.56 Å². The number of hydrogen-bond donors (Lipinski definition) is 1. The fraction of sp³-hybridized carbons (Fsp3) is 0.500. The lowest BCUT2D eigenvalue weighted by atomic mass is 9.98. The molecule has 1 amide bonds. The van der Waals surface area contributed by atoms with Gasteiger partial charge in [0.15, 0.2) is 0 Å². The van der Waals surface area contributed by atoms with Crippen LogP contribution in [-0.2, 0) is 16.1 Å². The lowest BCUT2D eigenvalue weighted by molar-refractivity contribution is -0.123. The van der Waals surface area contributed by atoms with Crippen molar-refractivity contribution in [3.05, 3.63) is 27.1 Å². The molecule has 0 spiro atoms. The first-order chi connectivity index (χ1) is 12.8. The first-order valence-corrected chi connectivity index (χ1v) is 9.50. The molecule has 1 aliphatic rings. The molecule has 1 aliphatic carbocycles. The number of fused-ring (bicyclic) bond motifs is 1. The van der Waals surface area contributed by atoms with Crippen LogP contribution in [0, 0.1) is 24.2 Å². The summed E-state index contributed by atoms with van der Waals surface area (Å²) in [4.78, 5) is 42.2. The maximum atomic E-state index is 12.8. The number of hydrogen-bond acceptors (Lipinski definition) is 7. The molecular weight excluding hydrogens is 368 g/mol. The zero-order valence-corrected chi connectivity index (χ0v) is 16.2. The summed E-state index contributed by atoms with van der Waals surface area (Å²) in [6.07, 6.45) is 3.10. The molecular formula is C18H20N4O4S. The molecule has 1 saturated carbocycles. The number of thiophene rings is 1. The standard InChI is InChI=1S/C18H20N4O4S/c1-4-26-17(25)14-10(2)13-15(27-14)20-9-22(16(13)24)7-12(23)21-18(3,8-19)11-5-6-11/h9,11H,4-7H2,1-3H3,(H,21,23)/t18-/m0/s1. The maximum absolute atomic E-state index is 12.8. The quantitative estimate of drug-likeness (QED) is 0.754. The molecule has 0 radical (unpaired) electrons. The molecule has 0 unspecified atom stereocenters. The largest absolute Gasteiger partial charge is 0.462 e. The number of nitriles is 1. The number of esters is 1. The molecule has 8 nitrogen and oxygen atoms in total. The number of aryl methyl sites for hydroxylation is 1. The molecule has 142 valence electrons. The minimum Gasteiger partial charge on any atom is -0.462 e. The molecule has 0 aliphatic heterocycles. The maximum Gasteiger partial charge on any atom is 0.348 e. The topological polar surface area (TPSA) is 114 Å². The van der Waals surface area contributed by atoms with Crippen LogP contribution < -0.4 is 10.9 Å². The molecule has 2 aromatic heterocycles. The van der Waals surface area contributed by atoms with Gasteiger partial charge in [-0.1, -0.05) is 0 Å². The van der Waals surface area contributed by atoms with Crippen molar-refractivity contribution in [3.8, 4) is 6.07 Å². The predicted molar refractivity (Wildman–Crippen MR) is 99.5 cm³/mol. The van der Waals surface area contributed by atoms with Crippen molar-refractivity contribution in [3.63, 3.8) is 0 Å².